The minimum atomic E-state index is -1.08. The van der Waals surface area contributed by atoms with Gasteiger partial charge in [-0.1, -0.05) is 27.2 Å². The number of aliphatic hydroxyl groups is 1. The molecule has 0 aromatic carbocycles. The van der Waals surface area contributed by atoms with E-state index >= 15 is 0 Å². The molecule has 0 aromatic rings. The Morgan fingerprint density at radius 1 is 1.35 bits per heavy atom. The first-order valence-electron chi connectivity index (χ1n) is 7.40. The summed E-state index contributed by atoms with van der Waals surface area (Å²) in [6.45, 7) is 4.83. The fourth-order valence-electron chi connectivity index (χ4n) is 2.68. The molecular weight excluding hydrogens is 302 g/mol. The van der Waals surface area contributed by atoms with Crippen molar-refractivity contribution >= 4 is 17.7 Å². The molecule has 128 valence electrons. The van der Waals surface area contributed by atoms with Crippen LogP contribution in [0.4, 0.5) is 0 Å². The largest absolute Gasteiger partial charge is 0.507 e. The molecule has 0 atom stereocenters. The lowest BCUT2D eigenvalue weighted by Gasteiger charge is -2.32. The molecule has 0 amide bonds. The van der Waals surface area contributed by atoms with Crippen molar-refractivity contribution in [2.24, 2.45) is 5.41 Å². The van der Waals surface area contributed by atoms with Crippen molar-refractivity contribution < 1.29 is 29.3 Å². The average molecular weight is 325 g/mol. The number of methoxy groups -OCH3 is 1. The highest BCUT2D eigenvalue weighted by atomic mass is 16.5. The summed E-state index contributed by atoms with van der Waals surface area (Å²) in [6, 6.07) is 0. The van der Waals surface area contributed by atoms with Gasteiger partial charge in [-0.05, 0) is 6.42 Å². The standard InChI is InChI=1S/C16H23NO6/c1-5-6-9(17-8-11(19)20)12-10(18)7-16(2,3)13(14(12)21)15(22)23-4/h17,21H,5-8H2,1-4H3,(H,19,20)/b12-9+. The molecule has 0 radical (unpaired) electrons. The van der Waals surface area contributed by atoms with Crippen molar-refractivity contribution in [1.29, 1.82) is 0 Å². The summed E-state index contributed by atoms with van der Waals surface area (Å²) >= 11 is 0. The SMILES string of the molecule is CCC/C(NCC(=O)O)=C1/C(=O)CC(C)(C)C(C(=O)OC)=C1O. The van der Waals surface area contributed by atoms with Gasteiger partial charge in [0.25, 0.3) is 0 Å². The molecular formula is C16H23NO6. The summed E-state index contributed by atoms with van der Waals surface area (Å²) in [4.78, 5) is 35.2. The number of rotatable bonds is 6. The Morgan fingerprint density at radius 3 is 2.43 bits per heavy atom. The number of carbonyl (C=O) groups excluding carboxylic acids is 2. The van der Waals surface area contributed by atoms with E-state index in [-0.39, 0.29) is 29.9 Å². The first-order chi connectivity index (χ1) is 10.7. The highest BCUT2D eigenvalue weighted by Crippen LogP contribution is 2.41. The smallest absolute Gasteiger partial charge is 0.338 e. The third-order valence-electron chi connectivity index (χ3n) is 3.68. The molecule has 0 fully saturated rings. The van der Waals surface area contributed by atoms with Crippen molar-refractivity contribution in [3.8, 4) is 0 Å². The number of carboxylic acid groups (broad SMARTS) is 1. The Hall–Kier alpha value is -2.31. The third kappa shape index (κ3) is 4.12. The zero-order valence-corrected chi connectivity index (χ0v) is 13.9. The summed E-state index contributed by atoms with van der Waals surface area (Å²) in [6.07, 6.45) is 1.05. The molecule has 1 rings (SSSR count). The van der Waals surface area contributed by atoms with Gasteiger partial charge >= 0.3 is 11.9 Å². The van der Waals surface area contributed by atoms with E-state index in [0.717, 1.165) is 0 Å². The number of hydrogen-bond donors (Lipinski definition) is 3. The second-order valence-corrected chi connectivity index (χ2v) is 6.05. The molecule has 7 nitrogen and oxygen atoms in total. The number of esters is 1. The van der Waals surface area contributed by atoms with Gasteiger partial charge in [0, 0.05) is 17.5 Å². The van der Waals surface area contributed by atoms with Crippen LogP contribution < -0.4 is 5.32 Å². The Kier molecular flexibility index (Phi) is 5.95. The minimum Gasteiger partial charge on any atom is -0.507 e. The zero-order valence-electron chi connectivity index (χ0n) is 13.9. The maximum absolute atomic E-state index is 12.4. The molecule has 23 heavy (non-hydrogen) atoms. The molecule has 0 spiro atoms. The van der Waals surface area contributed by atoms with Gasteiger partial charge in [0.2, 0.25) is 0 Å². The quantitative estimate of drug-likeness (QED) is 0.503. The Bertz CT molecular complexity index is 585. The van der Waals surface area contributed by atoms with Crippen LogP contribution in [0.1, 0.15) is 40.0 Å². The number of aliphatic carboxylic acids is 1. The molecule has 0 heterocycles. The molecule has 3 N–H and O–H groups in total. The first kappa shape index (κ1) is 18.7. The molecule has 0 saturated heterocycles. The van der Waals surface area contributed by atoms with Crippen molar-refractivity contribution in [1.82, 2.24) is 5.32 Å². The molecule has 0 aliphatic heterocycles. The number of ether oxygens (including phenoxy) is 1. The maximum atomic E-state index is 12.4. The van der Waals surface area contributed by atoms with Crippen molar-refractivity contribution in [3.63, 3.8) is 0 Å². The molecule has 1 aliphatic carbocycles. The summed E-state index contributed by atoms with van der Waals surface area (Å²) in [5.41, 5.74) is -0.524. The van der Waals surface area contributed by atoms with Gasteiger partial charge in [-0.25, -0.2) is 4.79 Å². The van der Waals surface area contributed by atoms with Crippen LogP contribution >= 0.6 is 0 Å². The van der Waals surface area contributed by atoms with Gasteiger partial charge in [-0.2, -0.15) is 0 Å². The highest BCUT2D eigenvalue weighted by Gasteiger charge is 2.42. The fraction of sp³-hybridized carbons (Fsp3) is 0.562. The molecule has 0 aromatic heterocycles. The fourth-order valence-corrected chi connectivity index (χ4v) is 2.68. The number of carbonyl (C=O) groups is 3. The van der Waals surface area contributed by atoms with Crippen molar-refractivity contribution in [2.75, 3.05) is 13.7 Å². The number of Topliss-reactive ketones (excluding diaryl/α,β-unsaturated/α-hetero) is 1. The Labute approximate surface area is 135 Å². The summed E-state index contributed by atoms with van der Waals surface area (Å²) in [5.74, 6) is -2.55. The molecule has 0 bridgehead atoms. The number of hydrogen-bond acceptors (Lipinski definition) is 6. The van der Waals surface area contributed by atoms with E-state index in [1.807, 2.05) is 6.92 Å². The second kappa shape index (κ2) is 7.30. The molecule has 7 heteroatoms. The molecule has 0 saturated carbocycles. The summed E-state index contributed by atoms with van der Waals surface area (Å²) in [5, 5.41) is 22.0. The van der Waals surface area contributed by atoms with E-state index < -0.39 is 23.1 Å². The highest BCUT2D eigenvalue weighted by molar-refractivity contribution is 6.06. The molecule has 0 unspecified atom stereocenters. The van der Waals surface area contributed by atoms with Crippen LogP contribution in [0.25, 0.3) is 0 Å². The topological polar surface area (TPSA) is 113 Å². The first-order valence-corrected chi connectivity index (χ1v) is 7.40. The van der Waals surface area contributed by atoms with Gasteiger partial charge in [0.05, 0.1) is 18.3 Å². The van der Waals surface area contributed by atoms with Gasteiger partial charge in [0.15, 0.2) is 5.78 Å². The average Bonchev–Trinajstić information content (AvgIpc) is 2.42. The third-order valence-corrected chi connectivity index (χ3v) is 3.68. The van der Waals surface area contributed by atoms with Gasteiger partial charge in [-0.3, -0.25) is 9.59 Å². The number of nitrogens with one attached hydrogen (secondary N) is 1. The number of aliphatic hydroxyl groups excluding tert-OH is 1. The summed E-state index contributed by atoms with van der Waals surface area (Å²) < 4.78 is 4.71. The number of ketones is 1. The normalized spacial score (nSPS) is 19.4. The van der Waals surface area contributed by atoms with Crippen LogP contribution in [0.5, 0.6) is 0 Å². The van der Waals surface area contributed by atoms with Gasteiger partial charge in [0.1, 0.15) is 12.3 Å². The van der Waals surface area contributed by atoms with Crippen molar-refractivity contribution in [2.45, 2.75) is 40.0 Å². The van der Waals surface area contributed by atoms with E-state index in [9.17, 15) is 19.5 Å². The maximum Gasteiger partial charge on any atom is 0.338 e. The van der Waals surface area contributed by atoms with Gasteiger partial charge in [-0.15, -0.1) is 0 Å². The van der Waals surface area contributed by atoms with E-state index in [1.54, 1.807) is 13.8 Å². The van der Waals surface area contributed by atoms with Crippen LogP contribution in [-0.4, -0.2) is 41.6 Å². The number of allylic oxidation sites excluding steroid dienone is 2. The predicted octanol–water partition coefficient (Wildman–Crippen LogP) is 1.70. The minimum absolute atomic E-state index is 0.0205. The lowest BCUT2D eigenvalue weighted by molar-refractivity contribution is -0.138. The van der Waals surface area contributed by atoms with E-state index in [1.165, 1.54) is 7.11 Å². The number of carboxylic acids is 1. The van der Waals surface area contributed by atoms with Gasteiger partial charge < -0.3 is 20.3 Å². The second-order valence-electron chi connectivity index (χ2n) is 6.05. The molecule has 1 aliphatic rings. The monoisotopic (exact) mass is 325 g/mol. The lowest BCUT2D eigenvalue weighted by Crippen LogP contribution is -2.35. The van der Waals surface area contributed by atoms with Crippen LogP contribution in [0.15, 0.2) is 22.6 Å². The van der Waals surface area contributed by atoms with Crippen LogP contribution in [-0.2, 0) is 19.1 Å². The zero-order chi connectivity index (χ0) is 17.8. The van der Waals surface area contributed by atoms with Crippen LogP contribution in [0.2, 0.25) is 0 Å². The summed E-state index contributed by atoms with van der Waals surface area (Å²) in [7, 11) is 1.20. The van der Waals surface area contributed by atoms with Crippen LogP contribution in [0, 0.1) is 5.41 Å². The lowest BCUT2D eigenvalue weighted by atomic mass is 9.72. The van der Waals surface area contributed by atoms with E-state index in [0.29, 0.717) is 18.5 Å². The van der Waals surface area contributed by atoms with Crippen LogP contribution in [0.3, 0.4) is 0 Å². The Balaban J connectivity index is 3.50. The van der Waals surface area contributed by atoms with Crippen molar-refractivity contribution in [3.05, 3.63) is 22.6 Å². The van der Waals surface area contributed by atoms with E-state index in [2.05, 4.69) is 5.32 Å². The Morgan fingerprint density at radius 2 is 1.96 bits per heavy atom. The van der Waals surface area contributed by atoms with E-state index in [4.69, 9.17) is 9.84 Å². The predicted molar refractivity (Wildman–Crippen MR) is 82.6 cm³/mol.